The lowest BCUT2D eigenvalue weighted by molar-refractivity contribution is 0.158. The van der Waals surface area contributed by atoms with E-state index in [9.17, 15) is 0 Å². The Labute approximate surface area is 161 Å². The zero-order chi connectivity index (χ0) is 19.2. The van der Waals surface area contributed by atoms with Gasteiger partial charge in [0.1, 0.15) is 5.82 Å². The maximum Gasteiger partial charge on any atom is 0.191 e. The number of guanidine groups is 1. The van der Waals surface area contributed by atoms with Gasteiger partial charge in [-0.2, -0.15) is 0 Å². The fourth-order valence-corrected chi connectivity index (χ4v) is 3.53. The summed E-state index contributed by atoms with van der Waals surface area (Å²) in [5.41, 5.74) is 1.39. The van der Waals surface area contributed by atoms with E-state index in [1.165, 1.54) is 5.56 Å². The smallest absolute Gasteiger partial charge is 0.191 e. The van der Waals surface area contributed by atoms with Crippen molar-refractivity contribution in [3.63, 3.8) is 0 Å². The number of likely N-dealkylation sites (tertiary alicyclic amines) is 1. The Balaban J connectivity index is 1.47. The molecule has 0 bridgehead atoms. The fourth-order valence-electron chi connectivity index (χ4n) is 3.53. The Morgan fingerprint density at radius 2 is 1.93 bits per heavy atom. The van der Waals surface area contributed by atoms with Gasteiger partial charge in [-0.15, -0.1) is 10.2 Å². The van der Waals surface area contributed by atoms with Crippen molar-refractivity contribution < 1.29 is 0 Å². The van der Waals surface area contributed by atoms with Crippen LogP contribution in [0.25, 0.3) is 0 Å². The lowest BCUT2D eigenvalue weighted by atomic mass is 10.0. The van der Waals surface area contributed by atoms with Crippen LogP contribution in [0.15, 0.2) is 35.3 Å². The molecule has 27 heavy (non-hydrogen) atoms. The molecule has 0 saturated carbocycles. The molecule has 1 aliphatic rings. The third-order valence-corrected chi connectivity index (χ3v) is 5.52. The molecule has 1 unspecified atom stereocenters. The number of aromatic nitrogens is 3. The van der Waals surface area contributed by atoms with Gasteiger partial charge in [0.05, 0.1) is 6.54 Å². The Morgan fingerprint density at radius 3 is 2.52 bits per heavy atom. The van der Waals surface area contributed by atoms with Gasteiger partial charge < -0.3 is 15.2 Å². The van der Waals surface area contributed by atoms with E-state index in [2.05, 4.69) is 68.0 Å². The van der Waals surface area contributed by atoms with Crippen LogP contribution in [0.1, 0.15) is 43.0 Å². The Morgan fingerprint density at radius 1 is 1.22 bits per heavy atom. The molecule has 2 N–H and O–H groups in total. The molecule has 2 heterocycles. The third-order valence-electron chi connectivity index (χ3n) is 5.52. The van der Waals surface area contributed by atoms with Gasteiger partial charge >= 0.3 is 0 Å². The molecule has 0 aliphatic carbocycles. The van der Waals surface area contributed by atoms with Crippen LogP contribution in [0, 0.1) is 6.92 Å². The normalized spacial score (nSPS) is 17.7. The van der Waals surface area contributed by atoms with E-state index in [4.69, 9.17) is 0 Å². The number of hydrogen-bond donors (Lipinski definition) is 2. The summed E-state index contributed by atoms with van der Waals surface area (Å²) in [6, 6.07) is 11.7. The quantitative estimate of drug-likeness (QED) is 0.623. The highest BCUT2D eigenvalue weighted by molar-refractivity contribution is 5.79. The van der Waals surface area contributed by atoms with Gasteiger partial charge in [0.25, 0.3) is 0 Å². The topological polar surface area (TPSA) is 70.4 Å². The first-order chi connectivity index (χ1) is 13.1. The third kappa shape index (κ3) is 4.86. The highest BCUT2D eigenvalue weighted by Gasteiger charge is 2.24. The summed E-state index contributed by atoms with van der Waals surface area (Å²) >= 11 is 0. The molecule has 7 heteroatoms. The van der Waals surface area contributed by atoms with Gasteiger partial charge in [-0.25, -0.2) is 0 Å². The molecule has 3 rings (SSSR count). The monoisotopic (exact) mass is 369 g/mol. The molecule has 2 aromatic rings. The maximum absolute atomic E-state index is 4.36. The number of hydrogen-bond acceptors (Lipinski definition) is 4. The van der Waals surface area contributed by atoms with E-state index in [0.29, 0.717) is 18.6 Å². The molecule has 0 amide bonds. The predicted octanol–water partition coefficient (Wildman–Crippen LogP) is 2.01. The summed E-state index contributed by atoms with van der Waals surface area (Å²) in [6.07, 6.45) is 2.22. The van der Waals surface area contributed by atoms with E-state index < -0.39 is 0 Å². The first kappa shape index (κ1) is 19.4. The summed E-state index contributed by atoms with van der Waals surface area (Å²) in [4.78, 5) is 6.92. The van der Waals surface area contributed by atoms with Gasteiger partial charge in [-0.1, -0.05) is 30.3 Å². The molecule has 1 atom stereocenters. The molecule has 1 fully saturated rings. The number of nitrogens with one attached hydrogen (secondary N) is 2. The largest absolute Gasteiger partial charge is 0.354 e. The number of benzene rings is 1. The van der Waals surface area contributed by atoms with E-state index >= 15 is 0 Å². The average Bonchev–Trinajstić information content (AvgIpc) is 3.03. The molecule has 7 nitrogen and oxygen atoms in total. The Hall–Kier alpha value is -2.41. The van der Waals surface area contributed by atoms with E-state index in [1.54, 1.807) is 0 Å². The number of aryl methyl sites for hydroxylation is 1. The summed E-state index contributed by atoms with van der Waals surface area (Å²) in [6.45, 7) is 7.04. The molecule has 1 saturated heterocycles. The van der Waals surface area contributed by atoms with Crippen molar-refractivity contribution in [3.05, 3.63) is 47.5 Å². The standard InChI is InChI=1S/C20H31N7/c1-15(17-8-6-5-7-9-17)27-12-10-18(11-13-27)23-20(21-3)22-14-19-25-24-16(2)26(19)4/h5-9,15,18H,10-14H2,1-4H3,(H2,21,22,23). The van der Waals surface area contributed by atoms with Crippen molar-refractivity contribution in [1.82, 2.24) is 30.3 Å². The zero-order valence-corrected chi connectivity index (χ0v) is 16.8. The second-order valence-electron chi connectivity index (χ2n) is 7.19. The van der Waals surface area contributed by atoms with Crippen LogP contribution < -0.4 is 10.6 Å². The minimum absolute atomic E-state index is 0.441. The van der Waals surface area contributed by atoms with Gasteiger partial charge in [-0.05, 0) is 32.3 Å². The molecular weight excluding hydrogens is 338 g/mol. The molecule has 0 spiro atoms. The van der Waals surface area contributed by atoms with Crippen molar-refractivity contribution in [2.24, 2.45) is 12.0 Å². The number of nitrogens with zero attached hydrogens (tertiary/aromatic N) is 5. The summed E-state index contributed by atoms with van der Waals surface area (Å²) in [5.74, 6) is 2.64. The van der Waals surface area contributed by atoms with Crippen LogP contribution in [0.3, 0.4) is 0 Å². The van der Waals surface area contributed by atoms with Crippen LogP contribution in [0.5, 0.6) is 0 Å². The highest BCUT2D eigenvalue weighted by atomic mass is 15.3. The van der Waals surface area contributed by atoms with Gasteiger partial charge in [0, 0.05) is 39.3 Å². The highest BCUT2D eigenvalue weighted by Crippen LogP contribution is 2.23. The summed E-state index contributed by atoms with van der Waals surface area (Å²) in [5, 5.41) is 15.2. The number of piperidine rings is 1. The van der Waals surface area contributed by atoms with Crippen molar-refractivity contribution in [1.29, 1.82) is 0 Å². The molecule has 146 valence electrons. The first-order valence-corrected chi connectivity index (χ1v) is 9.69. The second kappa shape index (κ2) is 8.99. The van der Waals surface area contributed by atoms with E-state index in [1.807, 2.05) is 25.6 Å². The van der Waals surface area contributed by atoms with Crippen molar-refractivity contribution in [2.75, 3.05) is 20.1 Å². The van der Waals surface area contributed by atoms with Crippen molar-refractivity contribution in [3.8, 4) is 0 Å². The van der Waals surface area contributed by atoms with Gasteiger partial charge in [0.15, 0.2) is 11.8 Å². The molecule has 1 aliphatic heterocycles. The fraction of sp³-hybridized carbons (Fsp3) is 0.550. The van der Waals surface area contributed by atoms with Crippen LogP contribution in [0.2, 0.25) is 0 Å². The van der Waals surface area contributed by atoms with Crippen LogP contribution >= 0.6 is 0 Å². The summed E-state index contributed by atoms with van der Waals surface area (Å²) in [7, 11) is 3.79. The van der Waals surface area contributed by atoms with E-state index in [-0.39, 0.29) is 0 Å². The summed E-state index contributed by atoms with van der Waals surface area (Å²) < 4.78 is 1.99. The molecule has 1 aromatic heterocycles. The van der Waals surface area contributed by atoms with Crippen LogP contribution in [-0.4, -0.2) is 51.8 Å². The Bertz CT molecular complexity index is 745. The minimum Gasteiger partial charge on any atom is -0.354 e. The maximum atomic E-state index is 4.36. The van der Waals surface area contributed by atoms with Crippen LogP contribution in [0.4, 0.5) is 0 Å². The number of rotatable bonds is 5. The second-order valence-corrected chi connectivity index (χ2v) is 7.19. The molecule has 1 aromatic carbocycles. The number of aliphatic imine (C=N–C) groups is 1. The van der Waals surface area contributed by atoms with E-state index in [0.717, 1.165) is 43.5 Å². The van der Waals surface area contributed by atoms with Crippen molar-refractivity contribution >= 4 is 5.96 Å². The molecular formula is C20H31N7. The van der Waals surface area contributed by atoms with Gasteiger partial charge in [-0.3, -0.25) is 9.89 Å². The molecule has 0 radical (unpaired) electrons. The zero-order valence-electron chi connectivity index (χ0n) is 16.8. The SMILES string of the molecule is CN=C(NCc1nnc(C)n1C)NC1CCN(C(C)c2ccccc2)CC1. The van der Waals surface area contributed by atoms with Gasteiger partial charge in [0.2, 0.25) is 0 Å². The van der Waals surface area contributed by atoms with Crippen molar-refractivity contribution in [2.45, 2.75) is 45.3 Å². The minimum atomic E-state index is 0.441. The Kier molecular flexibility index (Phi) is 6.45. The average molecular weight is 370 g/mol. The van der Waals surface area contributed by atoms with Crippen LogP contribution in [-0.2, 0) is 13.6 Å². The lowest BCUT2D eigenvalue weighted by Gasteiger charge is -2.37. The predicted molar refractivity (Wildman–Crippen MR) is 109 cm³/mol. The lowest BCUT2D eigenvalue weighted by Crippen LogP contribution is -2.49. The first-order valence-electron chi connectivity index (χ1n) is 9.69.